The fourth-order valence-electron chi connectivity index (χ4n) is 2.55. The van der Waals surface area contributed by atoms with E-state index >= 15 is 0 Å². The SMILES string of the molecule is COc1ccc2[nH]c(=O)c(CCNS(=O)(=O)c3ccccc3)cc2c1. The molecule has 0 aliphatic carbocycles. The Morgan fingerprint density at radius 3 is 2.56 bits per heavy atom. The van der Waals surface area contributed by atoms with Crippen LogP contribution in [0.5, 0.6) is 5.75 Å². The fourth-order valence-corrected chi connectivity index (χ4v) is 3.60. The molecule has 6 nitrogen and oxygen atoms in total. The van der Waals surface area contributed by atoms with Gasteiger partial charge in [0.1, 0.15) is 5.75 Å². The Labute approximate surface area is 145 Å². The van der Waals surface area contributed by atoms with Gasteiger partial charge in [-0.25, -0.2) is 13.1 Å². The summed E-state index contributed by atoms with van der Waals surface area (Å²) in [6.45, 7) is 0.135. The predicted molar refractivity (Wildman–Crippen MR) is 96.5 cm³/mol. The summed E-state index contributed by atoms with van der Waals surface area (Å²) in [4.78, 5) is 15.2. The Hall–Kier alpha value is -2.64. The van der Waals surface area contributed by atoms with Crippen molar-refractivity contribution < 1.29 is 13.2 Å². The average Bonchev–Trinajstić information content (AvgIpc) is 2.62. The van der Waals surface area contributed by atoms with Gasteiger partial charge in [0.15, 0.2) is 0 Å². The van der Waals surface area contributed by atoms with Crippen molar-refractivity contribution in [2.45, 2.75) is 11.3 Å². The van der Waals surface area contributed by atoms with Crippen molar-refractivity contribution >= 4 is 20.9 Å². The van der Waals surface area contributed by atoms with Crippen LogP contribution in [-0.2, 0) is 16.4 Å². The molecule has 0 aliphatic rings. The molecule has 0 atom stereocenters. The van der Waals surface area contributed by atoms with Crippen molar-refractivity contribution in [2.75, 3.05) is 13.7 Å². The summed E-state index contributed by atoms with van der Waals surface area (Å²) in [6, 6.07) is 15.3. The van der Waals surface area contributed by atoms with Gasteiger partial charge in [-0.15, -0.1) is 0 Å². The quantitative estimate of drug-likeness (QED) is 0.706. The molecule has 0 radical (unpaired) electrons. The van der Waals surface area contributed by atoms with Crippen LogP contribution in [-0.4, -0.2) is 27.1 Å². The second-order valence-corrected chi connectivity index (χ2v) is 7.30. The van der Waals surface area contributed by atoms with Crippen molar-refractivity contribution in [1.29, 1.82) is 0 Å². The number of hydrogen-bond acceptors (Lipinski definition) is 4. The van der Waals surface area contributed by atoms with E-state index in [-0.39, 0.29) is 23.4 Å². The number of ether oxygens (including phenoxy) is 1. The summed E-state index contributed by atoms with van der Waals surface area (Å²) in [6.07, 6.45) is 0.286. The molecule has 1 aromatic heterocycles. The van der Waals surface area contributed by atoms with Crippen LogP contribution < -0.4 is 15.0 Å². The van der Waals surface area contributed by atoms with E-state index in [0.717, 1.165) is 5.39 Å². The van der Waals surface area contributed by atoms with Crippen molar-refractivity contribution in [1.82, 2.24) is 9.71 Å². The first-order valence-electron chi connectivity index (χ1n) is 7.74. The summed E-state index contributed by atoms with van der Waals surface area (Å²) in [5.41, 5.74) is 0.993. The molecule has 3 aromatic rings. The molecule has 0 unspecified atom stereocenters. The lowest BCUT2D eigenvalue weighted by Crippen LogP contribution is -2.27. The standard InChI is InChI=1S/C18H18N2O4S/c1-24-15-7-8-17-14(12-15)11-13(18(21)20-17)9-10-19-25(22,23)16-5-3-2-4-6-16/h2-8,11-12,19H,9-10H2,1H3,(H,20,21). The molecule has 0 aliphatic heterocycles. The number of fused-ring (bicyclic) bond motifs is 1. The predicted octanol–water partition coefficient (Wildman–Crippen LogP) is 2.06. The lowest BCUT2D eigenvalue weighted by molar-refractivity contribution is 0.415. The molecule has 0 saturated heterocycles. The smallest absolute Gasteiger partial charge is 0.251 e. The maximum Gasteiger partial charge on any atom is 0.251 e. The third kappa shape index (κ3) is 3.89. The number of pyridine rings is 1. The van der Waals surface area contributed by atoms with Crippen LogP contribution in [0.1, 0.15) is 5.56 Å². The maximum absolute atomic E-state index is 12.2. The van der Waals surface area contributed by atoms with Gasteiger partial charge in [-0.2, -0.15) is 0 Å². The molecular weight excluding hydrogens is 340 g/mol. The van der Waals surface area contributed by atoms with Gasteiger partial charge in [0.25, 0.3) is 5.56 Å². The third-order valence-corrected chi connectivity index (χ3v) is 5.35. The van der Waals surface area contributed by atoms with Gasteiger partial charge in [0.2, 0.25) is 10.0 Å². The molecule has 1 heterocycles. The Morgan fingerprint density at radius 1 is 1.08 bits per heavy atom. The molecule has 2 aromatic carbocycles. The molecular formula is C18H18N2O4S. The van der Waals surface area contributed by atoms with Crippen LogP contribution in [0.3, 0.4) is 0 Å². The molecule has 130 valence electrons. The molecule has 7 heteroatoms. The summed E-state index contributed by atoms with van der Waals surface area (Å²) in [5, 5.41) is 0.833. The number of benzene rings is 2. The van der Waals surface area contributed by atoms with Crippen LogP contribution >= 0.6 is 0 Å². The van der Waals surface area contributed by atoms with E-state index in [1.165, 1.54) is 12.1 Å². The summed E-state index contributed by atoms with van der Waals surface area (Å²) >= 11 is 0. The van der Waals surface area contributed by atoms with E-state index in [2.05, 4.69) is 9.71 Å². The molecule has 0 spiro atoms. The highest BCUT2D eigenvalue weighted by atomic mass is 32.2. The summed E-state index contributed by atoms with van der Waals surface area (Å²) in [5.74, 6) is 0.690. The molecule has 0 fully saturated rings. The van der Waals surface area contributed by atoms with Crippen molar-refractivity contribution in [3.8, 4) is 5.75 Å². The molecule has 0 amide bonds. The number of hydrogen-bond donors (Lipinski definition) is 2. The lowest BCUT2D eigenvalue weighted by atomic mass is 10.1. The second kappa shape index (κ2) is 7.08. The minimum absolute atomic E-state index is 0.135. The topological polar surface area (TPSA) is 88.3 Å². The largest absolute Gasteiger partial charge is 0.497 e. The van der Waals surface area contributed by atoms with Gasteiger partial charge >= 0.3 is 0 Å². The number of H-pyrrole nitrogens is 1. The average molecular weight is 358 g/mol. The molecule has 0 bridgehead atoms. The number of aromatic nitrogens is 1. The van der Waals surface area contributed by atoms with Gasteiger partial charge in [-0.3, -0.25) is 4.79 Å². The number of rotatable bonds is 6. The van der Waals surface area contributed by atoms with Crippen molar-refractivity contribution in [3.63, 3.8) is 0 Å². The van der Waals surface area contributed by atoms with Gasteiger partial charge < -0.3 is 9.72 Å². The minimum atomic E-state index is -3.58. The minimum Gasteiger partial charge on any atom is -0.497 e. The van der Waals surface area contributed by atoms with Crippen LogP contribution in [0, 0.1) is 0 Å². The van der Waals surface area contributed by atoms with E-state index in [9.17, 15) is 13.2 Å². The van der Waals surface area contributed by atoms with Gasteiger partial charge in [-0.1, -0.05) is 18.2 Å². The zero-order valence-corrected chi connectivity index (χ0v) is 14.5. The maximum atomic E-state index is 12.2. The number of nitrogens with one attached hydrogen (secondary N) is 2. The Balaban J connectivity index is 1.77. The van der Waals surface area contributed by atoms with E-state index in [4.69, 9.17) is 4.74 Å². The third-order valence-electron chi connectivity index (χ3n) is 3.87. The zero-order valence-electron chi connectivity index (χ0n) is 13.7. The highest BCUT2D eigenvalue weighted by Gasteiger charge is 2.13. The fraction of sp³-hybridized carbons (Fsp3) is 0.167. The van der Waals surface area contributed by atoms with Crippen LogP contribution in [0.25, 0.3) is 10.9 Å². The highest BCUT2D eigenvalue weighted by molar-refractivity contribution is 7.89. The number of sulfonamides is 1. The lowest BCUT2D eigenvalue weighted by Gasteiger charge is -2.08. The summed E-state index contributed by atoms with van der Waals surface area (Å²) < 4.78 is 32.1. The van der Waals surface area contributed by atoms with E-state index in [1.807, 2.05) is 6.07 Å². The van der Waals surface area contributed by atoms with E-state index in [0.29, 0.717) is 16.8 Å². The van der Waals surface area contributed by atoms with Crippen molar-refractivity contribution in [3.05, 3.63) is 70.5 Å². The molecule has 0 saturated carbocycles. The van der Waals surface area contributed by atoms with E-state index < -0.39 is 10.0 Å². The molecule has 2 N–H and O–H groups in total. The molecule has 25 heavy (non-hydrogen) atoms. The second-order valence-electron chi connectivity index (χ2n) is 5.54. The van der Waals surface area contributed by atoms with Gasteiger partial charge in [0, 0.05) is 23.0 Å². The first-order chi connectivity index (χ1) is 12.0. The van der Waals surface area contributed by atoms with Crippen LogP contribution in [0.15, 0.2) is 64.3 Å². The first-order valence-corrected chi connectivity index (χ1v) is 9.22. The van der Waals surface area contributed by atoms with E-state index in [1.54, 1.807) is 43.5 Å². The number of aromatic amines is 1. The Kier molecular flexibility index (Phi) is 4.87. The monoisotopic (exact) mass is 358 g/mol. The van der Waals surface area contributed by atoms with Gasteiger partial charge in [-0.05, 0) is 42.8 Å². The Bertz CT molecular complexity index is 1040. The Morgan fingerprint density at radius 2 is 1.84 bits per heavy atom. The van der Waals surface area contributed by atoms with Crippen LogP contribution in [0.2, 0.25) is 0 Å². The highest BCUT2D eigenvalue weighted by Crippen LogP contribution is 2.18. The normalized spacial score (nSPS) is 11.6. The van der Waals surface area contributed by atoms with Gasteiger partial charge in [0.05, 0.1) is 12.0 Å². The van der Waals surface area contributed by atoms with Crippen molar-refractivity contribution in [2.24, 2.45) is 0 Å². The zero-order chi connectivity index (χ0) is 17.9. The summed E-state index contributed by atoms with van der Waals surface area (Å²) in [7, 11) is -2.00. The number of methoxy groups -OCH3 is 1. The first kappa shape index (κ1) is 17.2. The molecule has 3 rings (SSSR count). The van der Waals surface area contributed by atoms with Crippen LogP contribution in [0.4, 0.5) is 0 Å².